The van der Waals surface area contributed by atoms with Crippen LogP contribution in [0.3, 0.4) is 0 Å². The third-order valence-corrected chi connectivity index (χ3v) is 2.07. The van der Waals surface area contributed by atoms with Crippen LogP contribution in [0.25, 0.3) is 6.08 Å². The van der Waals surface area contributed by atoms with Gasteiger partial charge in [-0.15, -0.1) is 0 Å². The summed E-state index contributed by atoms with van der Waals surface area (Å²) in [6.45, 7) is 0. The van der Waals surface area contributed by atoms with E-state index in [0.29, 0.717) is 6.42 Å². The van der Waals surface area contributed by atoms with Crippen LogP contribution >= 0.6 is 0 Å². The van der Waals surface area contributed by atoms with Crippen molar-refractivity contribution >= 4 is 12.0 Å². The second kappa shape index (κ2) is 3.44. The van der Waals surface area contributed by atoms with Gasteiger partial charge in [-0.2, -0.15) is 0 Å². The number of hydrogen-bond acceptors (Lipinski definition) is 1. The van der Waals surface area contributed by atoms with E-state index in [4.69, 9.17) is 0 Å². The van der Waals surface area contributed by atoms with Crippen LogP contribution in [0, 0.1) is 0 Å². The van der Waals surface area contributed by atoms with Crippen molar-refractivity contribution in [1.29, 1.82) is 0 Å². The number of hydrogen-bond donors (Lipinski definition) is 1. The molecule has 1 aliphatic heterocycles. The van der Waals surface area contributed by atoms with E-state index in [1.165, 1.54) is 5.56 Å². The van der Waals surface area contributed by atoms with E-state index in [-0.39, 0.29) is 11.9 Å². The summed E-state index contributed by atoms with van der Waals surface area (Å²) in [7, 11) is 0. The average Bonchev–Trinajstić information content (AvgIpc) is 2.12. The first kappa shape index (κ1) is 8.05. The summed E-state index contributed by atoms with van der Waals surface area (Å²) < 4.78 is 0. The van der Waals surface area contributed by atoms with Crippen molar-refractivity contribution in [3.05, 3.63) is 42.0 Å². The van der Waals surface area contributed by atoms with Gasteiger partial charge in [-0.1, -0.05) is 42.5 Å². The van der Waals surface area contributed by atoms with Crippen LogP contribution in [0.5, 0.6) is 0 Å². The van der Waals surface area contributed by atoms with Gasteiger partial charge >= 0.3 is 0 Å². The van der Waals surface area contributed by atoms with Crippen LogP contribution < -0.4 is 5.32 Å². The van der Waals surface area contributed by atoms with Gasteiger partial charge in [-0.3, -0.25) is 4.79 Å². The minimum Gasteiger partial charge on any atom is -0.349 e. The van der Waals surface area contributed by atoms with Gasteiger partial charge in [-0.25, -0.2) is 0 Å². The van der Waals surface area contributed by atoms with Crippen LogP contribution in [0.2, 0.25) is 0 Å². The molecular weight excluding hydrogens is 162 g/mol. The molecule has 1 aromatic rings. The van der Waals surface area contributed by atoms with Crippen LogP contribution in [-0.2, 0) is 4.79 Å². The van der Waals surface area contributed by atoms with Crippen molar-refractivity contribution in [3.63, 3.8) is 0 Å². The Balaban J connectivity index is 1.95. The highest BCUT2D eigenvalue weighted by atomic mass is 16.2. The molecule has 1 N–H and O–H groups in total. The minimum absolute atomic E-state index is 0.141. The highest BCUT2D eigenvalue weighted by Crippen LogP contribution is 2.08. The van der Waals surface area contributed by atoms with Crippen LogP contribution in [0.1, 0.15) is 12.0 Å². The lowest BCUT2D eigenvalue weighted by molar-refractivity contribution is -0.127. The Labute approximate surface area is 77.3 Å². The molecule has 1 aromatic carbocycles. The second-order valence-electron chi connectivity index (χ2n) is 3.15. The van der Waals surface area contributed by atoms with Crippen LogP contribution in [-0.4, -0.2) is 11.9 Å². The Bertz CT molecular complexity index is 321. The van der Waals surface area contributed by atoms with E-state index in [1.54, 1.807) is 0 Å². The fourth-order valence-corrected chi connectivity index (χ4v) is 1.29. The molecule has 66 valence electrons. The maximum Gasteiger partial charge on any atom is 0.222 e. The highest BCUT2D eigenvalue weighted by Gasteiger charge is 2.21. The fraction of sp³-hybridized carbons (Fsp3) is 0.182. The summed E-state index contributed by atoms with van der Waals surface area (Å²) in [5.74, 6) is 0.141. The standard InChI is InChI=1S/C11H11NO/c13-11-8-10(12-11)7-6-9-4-2-1-3-5-9/h1-7,10H,8H2,(H,12,13)/b7-6+. The van der Waals surface area contributed by atoms with Gasteiger partial charge in [-0.05, 0) is 5.56 Å². The molecule has 0 radical (unpaired) electrons. The largest absolute Gasteiger partial charge is 0.349 e. The van der Waals surface area contributed by atoms with Crippen molar-refractivity contribution in [2.24, 2.45) is 0 Å². The first-order chi connectivity index (χ1) is 6.34. The molecule has 0 bridgehead atoms. The fourth-order valence-electron chi connectivity index (χ4n) is 1.29. The van der Waals surface area contributed by atoms with Gasteiger partial charge in [0.15, 0.2) is 0 Å². The van der Waals surface area contributed by atoms with E-state index in [0.717, 1.165) is 0 Å². The van der Waals surface area contributed by atoms with Crippen molar-refractivity contribution in [3.8, 4) is 0 Å². The molecule has 1 aliphatic rings. The molecule has 0 saturated carbocycles. The lowest BCUT2D eigenvalue weighted by Crippen LogP contribution is -2.46. The zero-order chi connectivity index (χ0) is 9.10. The number of carbonyl (C=O) groups is 1. The van der Waals surface area contributed by atoms with E-state index in [9.17, 15) is 4.79 Å². The zero-order valence-electron chi connectivity index (χ0n) is 7.23. The molecule has 1 amide bonds. The van der Waals surface area contributed by atoms with E-state index in [2.05, 4.69) is 5.32 Å². The SMILES string of the molecule is O=C1CC(/C=C/c2ccccc2)N1. The molecule has 2 rings (SSSR count). The average molecular weight is 173 g/mol. The zero-order valence-corrected chi connectivity index (χ0v) is 7.23. The molecule has 2 nitrogen and oxygen atoms in total. The summed E-state index contributed by atoms with van der Waals surface area (Å²) in [5, 5.41) is 2.79. The van der Waals surface area contributed by atoms with Crippen LogP contribution in [0.4, 0.5) is 0 Å². The molecule has 1 saturated heterocycles. The quantitative estimate of drug-likeness (QED) is 0.676. The van der Waals surface area contributed by atoms with Gasteiger partial charge in [0.25, 0.3) is 0 Å². The second-order valence-corrected chi connectivity index (χ2v) is 3.15. The van der Waals surface area contributed by atoms with Crippen molar-refractivity contribution in [1.82, 2.24) is 5.32 Å². The van der Waals surface area contributed by atoms with Crippen molar-refractivity contribution in [2.45, 2.75) is 12.5 Å². The summed E-state index contributed by atoms with van der Waals surface area (Å²) in [6.07, 6.45) is 4.68. The lowest BCUT2D eigenvalue weighted by atomic mass is 10.0. The number of benzene rings is 1. The molecule has 0 aromatic heterocycles. The molecular formula is C11H11NO. The molecule has 1 heterocycles. The van der Waals surface area contributed by atoms with Crippen molar-refractivity contribution < 1.29 is 4.79 Å². The summed E-state index contributed by atoms with van der Waals surface area (Å²) in [4.78, 5) is 10.6. The number of amides is 1. The molecule has 2 heteroatoms. The topological polar surface area (TPSA) is 29.1 Å². The molecule has 1 fully saturated rings. The maximum atomic E-state index is 10.6. The molecule has 1 unspecified atom stereocenters. The van der Waals surface area contributed by atoms with Gasteiger partial charge in [0.1, 0.15) is 0 Å². The summed E-state index contributed by atoms with van der Waals surface area (Å²) in [6, 6.07) is 10.3. The predicted molar refractivity (Wildman–Crippen MR) is 52.0 cm³/mol. The predicted octanol–water partition coefficient (Wildman–Crippen LogP) is 1.59. The first-order valence-electron chi connectivity index (χ1n) is 4.37. The third-order valence-electron chi connectivity index (χ3n) is 2.07. The Morgan fingerprint density at radius 3 is 2.62 bits per heavy atom. The Hall–Kier alpha value is -1.57. The highest BCUT2D eigenvalue weighted by molar-refractivity contribution is 5.84. The van der Waals surface area contributed by atoms with Gasteiger partial charge in [0.2, 0.25) is 5.91 Å². The number of nitrogens with one attached hydrogen (secondary N) is 1. The smallest absolute Gasteiger partial charge is 0.222 e. The normalized spacial score (nSPS) is 21.2. The van der Waals surface area contributed by atoms with E-state index in [1.807, 2.05) is 42.5 Å². The van der Waals surface area contributed by atoms with E-state index < -0.39 is 0 Å². The van der Waals surface area contributed by atoms with Crippen LogP contribution in [0.15, 0.2) is 36.4 Å². The summed E-state index contributed by atoms with van der Waals surface area (Å²) in [5.41, 5.74) is 1.17. The third kappa shape index (κ3) is 1.96. The van der Waals surface area contributed by atoms with E-state index >= 15 is 0 Å². The van der Waals surface area contributed by atoms with Crippen molar-refractivity contribution in [2.75, 3.05) is 0 Å². The minimum atomic E-state index is 0.141. The lowest BCUT2D eigenvalue weighted by Gasteiger charge is -2.23. The number of rotatable bonds is 2. The monoisotopic (exact) mass is 173 g/mol. The van der Waals surface area contributed by atoms with Gasteiger partial charge in [0, 0.05) is 0 Å². The Morgan fingerprint density at radius 1 is 1.31 bits per heavy atom. The molecule has 13 heavy (non-hydrogen) atoms. The number of β-lactam (4-membered cyclic amide) rings is 1. The first-order valence-corrected chi connectivity index (χ1v) is 4.37. The molecule has 0 spiro atoms. The van der Waals surface area contributed by atoms with Gasteiger partial charge in [0.05, 0.1) is 12.5 Å². The molecule has 1 atom stereocenters. The molecule has 0 aliphatic carbocycles. The Kier molecular flexibility index (Phi) is 2.13. The van der Waals surface area contributed by atoms with Gasteiger partial charge < -0.3 is 5.32 Å². The maximum absolute atomic E-state index is 10.6. The summed E-state index contributed by atoms with van der Waals surface area (Å²) >= 11 is 0. The number of carbonyl (C=O) groups excluding carboxylic acids is 1. The Morgan fingerprint density at radius 2 is 2.00 bits per heavy atom.